The van der Waals surface area contributed by atoms with Crippen molar-refractivity contribution in [2.75, 3.05) is 26.7 Å². The van der Waals surface area contributed by atoms with E-state index in [0.29, 0.717) is 53.8 Å². The normalized spacial score (nSPS) is 12.5. The third-order valence-electron chi connectivity index (χ3n) is 7.17. The number of hydrogen-bond acceptors (Lipinski definition) is 4. The second kappa shape index (κ2) is 16.1. The number of unbranched alkanes of at least 4 members (excludes halogenated alkanes) is 1. The number of hydrogen-bond donors (Lipinski definition) is 0. The predicted octanol–water partition coefficient (Wildman–Crippen LogP) is 8.58. The number of Topliss-reactive ketones (excluding diaryl/α,β-unsaturated/α-hetero) is 2. The molecule has 0 N–H and O–H groups in total. The van der Waals surface area contributed by atoms with Crippen LogP contribution in [0.25, 0.3) is 0 Å². The third kappa shape index (κ3) is 11.1. The highest BCUT2D eigenvalue weighted by Gasteiger charge is 2.42. The van der Waals surface area contributed by atoms with Gasteiger partial charge in [0, 0.05) is 41.4 Å². The summed E-state index contributed by atoms with van der Waals surface area (Å²) in [7, 11) is 2.01. The van der Waals surface area contributed by atoms with Crippen molar-refractivity contribution in [2.24, 2.45) is 5.92 Å². The van der Waals surface area contributed by atoms with Crippen LogP contribution in [0.5, 0.6) is 5.75 Å². The monoisotopic (exact) mass is 621 g/mol. The zero-order chi connectivity index (χ0) is 30.7. The van der Waals surface area contributed by atoms with Gasteiger partial charge in [-0.15, -0.1) is 0 Å². The van der Waals surface area contributed by atoms with Crippen LogP contribution in [0.4, 0.5) is 13.2 Å². The standard InChI is InChI=1S/C33H36Cl2F3NO3/c1-23(40)5-3-4-6-27(32(41)33(36,37)38)21-24-7-17-30(18-8-24)42-20-19-39(2)22-31(25-9-13-28(34)14-10-25)26-11-15-29(35)16-12-26/h7-18,27,31H,3-6,19-22H2,1-2H3. The Bertz CT molecular complexity index is 1230. The van der Waals surface area contributed by atoms with Gasteiger partial charge in [0.2, 0.25) is 5.78 Å². The van der Waals surface area contributed by atoms with Gasteiger partial charge in [0.1, 0.15) is 18.1 Å². The highest BCUT2D eigenvalue weighted by atomic mass is 35.5. The Hall–Kier alpha value is -2.87. The van der Waals surface area contributed by atoms with Crippen LogP contribution in [0.1, 0.15) is 55.2 Å². The number of ether oxygens (including phenoxy) is 1. The van der Waals surface area contributed by atoms with Gasteiger partial charge in [-0.25, -0.2) is 0 Å². The molecule has 0 aliphatic carbocycles. The second-order valence-corrected chi connectivity index (χ2v) is 11.5. The van der Waals surface area contributed by atoms with Crippen LogP contribution in [0, 0.1) is 5.92 Å². The molecule has 42 heavy (non-hydrogen) atoms. The predicted molar refractivity (Wildman–Crippen MR) is 162 cm³/mol. The molecule has 9 heteroatoms. The Morgan fingerprint density at radius 3 is 1.90 bits per heavy atom. The molecule has 0 bridgehead atoms. The van der Waals surface area contributed by atoms with Crippen molar-refractivity contribution >= 4 is 34.8 Å². The molecule has 3 rings (SSSR count). The lowest BCUT2D eigenvalue weighted by Crippen LogP contribution is -2.31. The molecular weight excluding hydrogens is 586 g/mol. The summed E-state index contributed by atoms with van der Waals surface area (Å²) < 4.78 is 45.4. The first-order chi connectivity index (χ1) is 19.9. The van der Waals surface area contributed by atoms with Crippen LogP contribution in [0.15, 0.2) is 72.8 Å². The second-order valence-electron chi connectivity index (χ2n) is 10.6. The largest absolute Gasteiger partial charge is 0.492 e. The Kier molecular flexibility index (Phi) is 12.9. The van der Waals surface area contributed by atoms with Crippen molar-refractivity contribution in [1.29, 1.82) is 0 Å². The minimum absolute atomic E-state index is 0.0154. The first-order valence-corrected chi connectivity index (χ1v) is 14.7. The molecule has 0 heterocycles. The minimum atomic E-state index is -4.89. The number of halogens is 5. The number of rotatable bonds is 16. The van der Waals surface area contributed by atoms with E-state index in [-0.39, 0.29) is 24.5 Å². The van der Waals surface area contributed by atoms with E-state index < -0.39 is 17.9 Å². The lowest BCUT2D eigenvalue weighted by atomic mass is 9.89. The number of nitrogens with zero attached hydrogens (tertiary/aromatic N) is 1. The van der Waals surface area contributed by atoms with Crippen LogP contribution in [-0.4, -0.2) is 49.4 Å². The molecule has 0 saturated heterocycles. The first-order valence-electron chi connectivity index (χ1n) is 13.9. The average Bonchev–Trinajstić information content (AvgIpc) is 2.94. The highest BCUT2D eigenvalue weighted by molar-refractivity contribution is 6.30. The summed E-state index contributed by atoms with van der Waals surface area (Å²) in [5, 5.41) is 1.35. The summed E-state index contributed by atoms with van der Waals surface area (Å²) in [6.45, 7) is 3.23. The molecular formula is C33H36Cl2F3NO3. The maximum Gasteiger partial charge on any atom is 0.450 e. The van der Waals surface area contributed by atoms with E-state index in [4.69, 9.17) is 27.9 Å². The number of ketones is 2. The first kappa shape index (κ1) is 33.6. The van der Waals surface area contributed by atoms with Gasteiger partial charge in [-0.1, -0.05) is 66.0 Å². The van der Waals surface area contributed by atoms with Gasteiger partial charge < -0.3 is 14.4 Å². The Morgan fingerprint density at radius 1 is 0.857 bits per heavy atom. The number of carbonyl (C=O) groups is 2. The van der Waals surface area contributed by atoms with Crippen LogP contribution < -0.4 is 4.74 Å². The molecule has 0 saturated carbocycles. The molecule has 0 fully saturated rings. The molecule has 0 spiro atoms. The van der Waals surface area contributed by atoms with E-state index >= 15 is 0 Å². The van der Waals surface area contributed by atoms with E-state index in [1.807, 2.05) is 55.6 Å². The van der Waals surface area contributed by atoms with E-state index in [1.165, 1.54) is 6.92 Å². The molecule has 0 amide bonds. The molecule has 226 valence electrons. The molecule has 0 aliphatic heterocycles. The maximum atomic E-state index is 13.2. The van der Waals surface area contributed by atoms with Crippen LogP contribution in [-0.2, 0) is 16.0 Å². The fourth-order valence-corrected chi connectivity index (χ4v) is 5.10. The average molecular weight is 623 g/mol. The smallest absolute Gasteiger partial charge is 0.450 e. The van der Waals surface area contributed by atoms with Gasteiger partial charge in [0.15, 0.2) is 0 Å². The minimum Gasteiger partial charge on any atom is -0.492 e. The summed E-state index contributed by atoms with van der Waals surface area (Å²) >= 11 is 12.2. The number of benzene rings is 3. The summed E-state index contributed by atoms with van der Waals surface area (Å²) in [5.41, 5.74) is 2.89. The lowest BCUT2D eigenvalue weighted by Gasteiger charge is -2.25. The van der Waals surface area contributed by atoms with E-state index in [2.05, 4.69) is 4.90 Å². The van der Waals surface area contributed by atoms with Gasteiger partial charge in [-0.05, 0) is 86.3 Å². The molecule has 0 aliphatic rings. The molecule has 1 unspecified atom stereocenters. The summed E-state index contributed by atoms with van der Waals surface area (Å²) in [6, 6.07) is 22.4. The summed E-state index contributed by atoms with van der Waals surface area (Å²) in [5.74, 6) is -2.22. The van der Waals surface area contributed by atoms with E-state index in [0.717, 1.165) is 17.7 Å². The summed E-state index contributed by atoms with van der Waals surface area (Å²) in [6.07, 6.45) is -3.66. The molecule has 1 atom stereocenters. The summed E-state index contributed by atoms with van der Waals surface area (Å²) in [4.78, 5) is 25.3. The molecule has 0 aromatic heterocycles. The van der Waals surface area contributed by atoms with Gasteiger partial charge in [0.05, 0.1) is 0 Å². The van der Waals surface area contributed by atoms with E-state index in [1.54, 1.807) is 24.3 Å². The maximum absolute atomic E-state index is 13.2. The Labute approximate surface area is 255 Å². The highest BCUT2D eigenvalue weighted by Crippen LogP contribution is 2.29. The van der Waals surface area contributed by atoms with E-state index in [9.17, 15) is 22.8 Å². The van der Waals surface area contributed by atoms with Gasteiger partial charge in [-0.3, -0.25) is 4.79 Å². The van der Waals surface area contributed by atoms with Crippen molar-refractivity contribution in [2.45, 2.75) is 51.1 Å². The Morgan fingerprint density at radius 2 is 1.40 bits per heavy atom. The van der Waals surface area contributed by atoms with Crippen LogP contribution in [0.2, 0.25) is 10.0 Å². The van der Waals surface area contributed by atoms with Crippen molar-refractivity contribution in [1.82, 2.24) is 4.90 Å². The third-order valence-corrected chi connectivity index (χ3v) is 7.67. The van der Waals surface area contributed by atoms with Crippen molar-refractivity contribution in [3.63, 3.8) is 0 Å². The molecule has 3 aromatic rings. The fourth-order valence-electron chi connectivity index (χ4n) is 4.84. The zero-order valence-electron chi connectivity index (χ0n) is 23.8. The number of likely N-dealkylation sites (N-methyl/N-ethyl adjacent to an activating group) is 1. The van der Waals surface area contributed by atoms with Gasteiger partial charge in [0.25, 0.3) is 0 Å². The number of alkyl halides is 3. The van der Waals surface area contributed by atoms with Crippen molar-refractivity contribution in [3.05, 3.63) is 99.5 Å². The molecule has 0 radical (unpaired) electrons. The van der Waals surface area contributed by atoms with Crippen molar-refractivity contribution in [3.8, 4) is 5.75 Å². The van der Waals surface area contributed by atoms with Crippen LogP contribution >= 0.6 is 23.2 Å². The zero-order valence-corrected chi connectivity index (χ0v) is 25.3. The fraction of sp³-hybridized carbons (Fsp3) is 0.394. The SMILES string of the molecule is CC(=O)CCCCC(Cc1ccc(OCCN(C)CC(c2ccc(Cl)cc2)c2ccc(Cl)cc2)cc1)C(=O)C(F)(F)F. The lowest BCUT2D eigenvalue weighted by molar-refractivity contribution is -0.175. The van der Waals surface area contributed by atoms with Crippen molar-refractivity contribution < 1.29 is 27.5 Å². The van der Waals surface area contributed by atoms with Gasteiger partial charge in [-0.2, -0.15) is 13.2 Å². The Balaban J connectivity index is 1.55. The quantitative estimate of drug-likeness (QED) is 0.150. The topological polar surface area (TPSA) is 46.6 Å². The van der Waals surface area contributed by atoms with Crippen LogP contribution in [0.3, 0.4) is 0 Å². The van der Waals surface area contributed by atoms with Gasteiger partial charge >= 0.3 is 6.18 Å². The molecule has 3 aromatic carbocycles. The molecule has 4 nitrogen and oxygen atoms in total. The number of carbonyl (C=O) groups excluding carboxylic acids is 2.